The molecule has 2 aromatic heterocycles. The Morgan fingerprint density at radius 2 is 2.23 bits per heavy atom. The summed E-state index contributed by atoms with van der Waals surface area (Å²) in [5, 5.41) is 7.15. The van der Waals surface area contributed by atoms with Crippen molar-refractivity contribution >= 4 is 5.91 Å². The predicted molar refractivity (Wildman–Crippen MR) is 98.2 cm³/mol. The molecule has 1 aliphatic carbocycles. The van der Waals surface area contributed by atoms with E-state index in [2.05, 4.69) is 35.3 Å². The van der Waals surface area contributed by atoms with Crippen LogP contribution in [0.3, 0.4) is 0 Å². The fraction of sp³-hybridized carbons (Fsp3) is 0.333. The molecule has 5 heteroatoms. The van der Waals surface area contributed by atoms with Crippen molar-refractivity contribution in [1.29, 1.82) is 0 Å². The third-order valence-electron chi connectivity index (χ3n) is 5.06. The van der Waals surface area contributed by atoms with Crippen molar-refractivity contribution < 1.29 is 9.21 Å². The Bertz CT molecular complexity index is 882. The summed E-state index contributed by atoms with van der Waals surface area (Å²) in [6, 6.07) is 12.1. The van der Waals surface area contributed by atoms with Crippen LogP contribution in [0.25, 0.3) is 0 Å². The normalized spacial score (nSPS) is 16.3. The van der Waals surface area contributed by atoms with E-state index in [0.29, 0.717) is 13.1 Å². The molecule has 0 saturated heterocycles. The average Bonchev–Trinajstić information content (AvgIpc) is 3.31. The lowest BCUT2D eigenvalue weighted by Crippen LogP contribution is -2.37. The number of benzene rings is 1. The van der Waals surface area contributed by atoms with Gasteiger partial charge in [-0.3, -0.25) is 9.89 Å². The molecule has 4 rings (SSSR count). The SMILES string of the molecule is Cc1cccc(CN(Cc2ccco2)C(=O)[C@H]2CCc3[nH]ncc3C2)c1. The number of aromatic nitrogens is 2. The number of aromatic amines is 1. The first-order chi connectivity index (χ1) is 12.7. The quantitative estimate of drug-likeness (QED) is 0.765. The number of hydrogen-bond donors (Lipinski definition) is 1. The maximum absolute atomic E-state index is 13.3. The monoisotopic (exact) mass is 349 g/mol. The smallest absolute Gasteiger partial charge is 0.226 e. The fourth-order valence-electron chi connectivity index (χ4n) is 3.72. The van der Waals surface area contributed by atoms with Gasteiger partial charge >= 0.3 is 0 Å². The zero-order chi connectivity index (χ0) is 17.9. The van der Waals surface area contributed by atoms with Crippen LogP contribution in [0.4, 0.5) is 0 Å². The summed E-state index contributed by atoms with van der Waals surface area (Å²) in [4.78, 5) is 15.2. The molecular weight excluding hydrogens is 326 g/mol. The van der Waals surface area contributed by atoms with Gasteiger partial charge in [0.25, 0.3) is 0 Å². The Morgan fingerprint density at radius 1 is 1.31 bits per heavy atom. The molecule has 1 atom stereocenters. The van der Waals surface area contributed by atoms with Gasteiger partial charge in [-0.05, 0) is 49.4 Å². The topological polar surface area (TPSA) is 62.1 Å². The molecule has 1 N–H and O–H groups in total. The number of furan rings is 1. The second kappa shape index (κ2) is 7.20. The summed E-state index contributed by atoms with van der Waals surface area (Å²) >= 11 is 0. The number of rotatable bonds is 5. The molecule has 2 heterocycles. The van der Waals surface area contributed by atoms with E-state index in [0.717, 1.165) is 30.6 Å². The molecule has 1 amide bonds. The summed E-state index contributed by atoms with van der Waals surface area (Å²) in [6.07, 6.45) is 6.00. The molecule has 0 saturated carbocycles. The highest BCUT2D eigenvalue weighted by Gasteiger charge is 2.29. The highest BCUT2D eigenvalue weighted by molar-refractivity contribution is 5.79. The molecule has 0 radical (unpaired) electrons. The van der Waals surface area contributed by atoms with Gasteiger partial charge in [0.15, 0.2) is 0 Å². The highest BCUT2D eigenvalue weighted by atomic mass is 16.3. The minimum atomic E-state index is -0.000119. The van der Waals surface area contributed by atoms with Gasteiger partial charge in [-0.25, -0.2) is 0 Å². The van der Waals surface area contributed by atoms with E-state index in [9.17, 15) is 4.79 Å². The predicted octanol–water partition coefficient (Wildman–Crippen LogP) is 3.65. The van der Waals surface area contributed by atoms with Crippen LogP contribution in [-0.4, -0.2) is 21.0 Å². The Morgan fingerprint density at radius 3 is 3.04 bits per heavy atom. The Kier molecular flexibility index (Phi) is 4.61. The molecule has 0 bridgehead atoms. The second-order valence-corrected chi connectivity index (χ2v) is 7.08. The van der Waals surface area contributed by atoms with Gasteiger partial charge in [0, 0.05) is 18.2 Å². The van der Waals surface area contributed by atoms with Crippen molar-refractivity contribution in [2.24, 2.45) is 5.92 Å². The Hall–Kier alpha value is -2.82. The molecule has 5 nitrogen and oxygen atoms in total. The summed E-state index contributed by atoms with van der Waals surface area (Å²) < 4.78 is 5.50. The molecular formula is C21H23N3O2. The molecule has 26 heavy (non-hydrogen) atoms. The standard InChI is InChI=1S/C21H23N3O2/c1-15-4-2-5-16(10-15)13-24(14-19-6-3-9-26-19)21(25)17-7-8-20-18(11-17)12-22-23-20/h2-6,9-10,12,17H,7-8,11,13-14H2,1H3,(H,22,23)/t17-/m0/s1. The molecule has 1 aliphatic rings. The molecule has 0 spiro atoms. The third kappa shape index (κ3) is 3.57. The number of H-pyrrole nitrogens is 1. The minimum absolute atomic E-state index is 0.000119. The largest absolute Gasteiger partial charge is 0.467 e. The van der Waals surface area contributed by atoms with E-state index in [1.54, 1.807) is 6.26 Å². The van der Waals surface area contributed by atoms with Crippen LogP contribution >= 0.6 is 0 Å². The summed E-state index contributed by atoms with van der Waals surface area (Å²) in [5.74, 6) is 1.00. The van der Waals surface area contributed by atoms with Crippen molar-refractivity contribution in [3.63, 3.8) is 0 Å². The zero-order valence-electron chi connectivity index (χ0n) is 14.9. The number of nitrogens with zero attached hydrogens (tertiary/aromatic N) is 2. The lowest BCUT2D eigenvalue weighted by atomic mass is 9.86. The van der Waals surface area contributed by atoms with Gasteiger partial charge in [0.1, 0.15) is 5.76 Å². The van der Waals surface area contributed by atoms with Crippen LogP contribution in [0.15, 0.2) is 53.3 Å². The van der Waals surface area contributed by atoms with Crippen LogP contribution < -0.4 is 0 Å². The van der Waals surface area contributed by atoms with Crippen molar-refractivity contribution in [3.8, 4) is 0 Å². The second-order valence-electron chi connectivity index (χ2n) is 7.08. The number of carbonyl (C=O) groups is 1. The molecule has 134 valence electrons. The number of nitrogens with one attached hydrogen (secondary N) is 1. The van der Waals surface area contributed by atoms with Crippen molar-refractivity contribution in [2.45, 2.75) is 39.3 Å². The number of hydrogen-bond acceptors (Lipinski definition) is 3. The van der Waals surface area contributed by atoms with Crippen molar-refractivity contribution in [1.82, 2.24) is 15.1 Å². The molecule has 3 aromatic rings. The summed E-state index contributed by atoms with van der Waals surface area (Å²) in [6.45, 7) is 3.16. The average molecular weight is 349 g/mol. The number of fused-ring (bicyclic) bond motifs is 1. The maximum atomic E-state index is 13.3. The van der Waals surface area contributed by atoms with Gasteiger partial charge in [-0.1, -0.05) is 29.8 Å². The van der Waals surface area contributed by atoms with E-state index in [1.165, 1.54) is 16.8 Å². The third-order valence-corrected chi connectivity index (χ3v) is 5.06. The Labute approximate surface area is 153 Å². The van der Waals surface area contributed by atoms with Crippen LogP contribution in [0.2, 0.25) is 0 Å². The van der Waals surface area contributed by atoms with E-state index in [-0.39, 0.29) is 11.8 Å². The lowest BCUT2D eigenvalue weighted by Gasteiger charge is -2.29. The first-order valence-electron chi connectivity index (χ1n) is 9.07. The fourth-order valence-corrected chi connectivity index (χ4v) is 3.72. The van der Waals surface area contributed by atoms with Crippen LogP contribution in [-0.2, 0) is 30.7 Å². The van der Waals surface area contributed by atoms with Crippen molar-refractivity contribution in [3.05, 3.63) is 77.0 Å². The summed E-state index contributed by atoms with van der Waals surface area (Å²) in [5.41, 5.74) is 4.69. The first kappa shape index (κ1) is 16.6. The number of amides is 1. The van der Waals surface area contributed by atoms with Gasteiger partial charge < -0.3 is 9.32 Å². The van der Waals surface area contributed by atoms with Crippen LogP contribution in [0.1, 0.15) is 34.6 Å². The van der Waals surface area contributed by atoms with Gasteiger partial charge in [-0.15, -0.1) is 0 Å². The van der Waals surface area contributed by atoms with Gasteiger partial charge in [0.2, 0.25) is 5.91 Å². The van der Waals surface area contributed by atoms with Gasteiger partial charge in [0.05, 0.1) is 19.0 Å². The first-order valence-corrected chi connectivity index (χ1v) is 9.07. The van der Waals surface area contributed by atoms with Gasteiger partial charge in [-0.2, -0.15) is 5.10 Å². The van der Waals surface area contributed by atoms with Crippen molar-refractivity contribution in [2.75, 3.05) is 0 Å². The minimum Gasteiger partial charge on any atom is -0.467 e. The lowest BCUT2D eigenvalue weighted by molar-refractivity contribution is -0.137. The molecule has 1 aromatic carbocycles. The number of carbonyl (C=O) groups excluding carboxylic acids is 1. The number of aryl methyl sites for hydroxylation is 2. The van der Waals surface area contributed by atoms with Crippen LogP contribution in [0.5, 0.6) is 0 Å². The van der Waals surface area contributed by atoms with E-state index in [4.69, 9.17) is 4.42 Å². The van der Waals surface area contributed by atoms with E-state index in [1.807, 2.05) is 29.3 Å². The molecule has 0 aliphatic heterocycles. The molecule has 0 fully saturated rings. The zero-order valence-corrected chi connectivity index (χ0v) is 14.9. The van der Waals surface area contributed by atoms with E-state index >= 15 is 0 Å². The molecule has 0 unspecified atom stereocenters. The highest BCUT2D eigenvalue weighted by Crippen LogP contribution is 2.26. The van der Waals surface area contributed by atoms with E-state index < -0.39 is 0 Å². The Balaban J connectivity index is 1.54. The van der Waals surface area contributed by atoms with Crippen LogP contribution in [0, 0.1) is 12.8 Å². The summed E-state index contributed by atoms with van der Waals surface area (Å²) in [7, 11) is 0. The maximum Gasteiger partial charge on any atom is 0.226 e.